The van der Waals surface area contributed by atoms with Crippen LogP contribution < -0.4 is 5.32 Å². The maximum absolute atomic E-state index is 5.97. The topological polar surface area (TPSA) is 12.0 Å². The van der Waals surface area contributed by atoms with E-state index in [9.17, 15) is 0 Å². The summed E-state index contributed by atoms with van der Waals surface area (Å²) in [6.07, 6.45) is 6.69. The molecule has 0 aliphatic heterocycles. The van der Waals surface area contributed by atoms with Crippen LogP contribution in [0.25, 0.3) is 0 Å². The Balaban J connectivity index is 1.96. The zero-order valence-corrected chi connectivity index (χ0v) is 13.0. The minimum Gasteiger partial charge on any atom is -0.316 e. The molecule has 0 aromatic heterocycles. The van der Waals surface area contributed by atoms with Crippen molar-refractivity contribution in [3.8, 4) is 0 Å². The van der Waals surface area contributed by atoms with Crippen LogP contribution in [-0.4, -0.2) is 13.1 Å². The van der Waals surface area contributed by atoms with Crippen molar-refractivity contribution in [2.45, 2.75) is 46.0 Å². The number of hydrogen-bond acceptors (Lipinski definition) is 1. The fraction of sp³-hybridized carbons (Fsp3) is 0.647. The maximum atomic E-state index is 5.97. The molecule has 0 spiro atoms. The van der Waals surface area contributed by atoms with Crippen molar-refractivity contribution in [1.29, 1.82) is 0 Å². The Kier molecular flexibility index (Phi) is 5.29. The smallest absolute Gasteiger partial charge is 0.0406 e. The Morgan fingerprint density at radius 2 is 1.79 bits per heavy atom. The van der Waals surface area contributed by atoms with E-state index in [4.69, 9.17) is 11.6 Å². The Morgan fingerprint density at radius 3 is 2.37 bits per heavy atom. The lowest BCUT2D eigenvalue weighted by atomic mass is 9.80. The Bertz CT molecular complexity index is 377. The predicted molar refractivity (Wildman–Crippen MR) is 83.8 cm³/mol. The van der Waals surface area contributed by atoms with Crippen LogP contribution in [0.1, 0.15) is 45.1 Å². The molecule has 1 nitrogen and oxygen atoms in total. The van der Waals surface area contributed by atoms with Gasteiger partial charge in [0, 0.05) is 11.6 Å². The van der Waals surface area contributed by atoms with Crippen LogP contribution in [0.4, 0.5) is 0 Å². The van der Waals surface area contributed by atoms with Crippen molar-refractivity contribution in [1.82, 2.24) is 5.32 Å². The van der Waals surface area contributed by atoms with E-state index < -0.39 is 0 Å². The number of benzene rings is 1. The van der Waals surface area contributed by atoms with E-state index >= 15 is 0 Å². The summed E-state index contributed by atoms with van der Waals surface area (Å²) in [5, 5.41) is 4.51. The number of halogens is 1. The summed E-state index contributed by atoms with van der Waals surface area (Å²) in [5.74, 6) is 0.731. The zero-order valence-electron chi connectivity index (χ0n) is 12.2. The number of rotatable bonds is 6. The van der Waals surface area contributed by atoms with E-state index in [0.29, 0.717) is 5.41 Å². The first-order chi connectivity index (χ1) is 9.10. The number of nitrogens with one attached hydrogen (secondary N) is 1. The van der Waals surface area contributed by atoms with Crippen LogP contribution in [0.3, 0.4) is 0 Å². The van der Waals surface area contributed by atoms with Gasteiger partial charge in [0.1, 0.15) is 0 Å². The lowest BCUT2D eigenvalue weighted by Gasteiger charge is -2.30. The van der Waals surface area contributed by atoms with Gasteiger partial charge in [-0.1, -0.05) is 50.4 Å². The van der Waals surface area contributed by atoms with E-state index in [2.05, 4.69) is 31.3 Å². The number of hydrogen-bond donors (Lipinski definition) is 1. The molecule has 1 fully saturated rings. The molecule has 1 aromatic carbocycles. The first kappa shape index (κ1) is 14.9. The molecule has 0 amide bonds. The summed E-state index contributed by atoms with van der Waals surface area (Å²) >= 11 is 5.97. The lowest BCUT2D eigenvalue weighted by Crippen LogP contribution is -2.35. The zero-order chi connectivity index (χ0) is 13.7. The Labute approximate surface area is 122 Å². The molecule has 1 aliphatic carbocycles. The first-order valence-electron chi connectivity index (χ1n) is 7.55. The van der Waals surface area contributed by atoms with Gasteiger partial charge in [-0.3, -0.25) is 0 Å². The average Bonchev–Trinajstić information content (AvgIpc) is 2.81. The molecule has 0 bridgehead atoms. The van der Waals surface area contributed by atoms with Gasteiger partial charge >= 0.3 is 0 Å². The second kappa shape index (κ2) is 6.76. The Hall–Kier alpha value is -0.530. The van der Waals surface area contributed by atoms with Crippen molar-refractivity contribution >= 4 is 11.6 Å². The van der Waals surface area contributed by atoms with Gasteiger partial charge in [-0.2, -0.15) is 0 Å². The third-order valence-electron chi connectivity index (χ3n) is 4.21. The van der Waals surface area contributed by atoms with Crippen LogP contribution in [-0.2, 0) is 6.42 Å². The maximum Gasteiger partial charge on any atom is 0.0406 e. The van der Waals surface area contributed by atoms with Crippen LogP contribution in [0.5, 0.6) is 0 Å². The van der Waals surface area contributed by atoms with E-state index in [1.165, 1.54) is 37.7 Å². The van der Waals surface area contributed by atoms with Crippen LogP contribution in [0.2, 0.25) is 5.02 Å². The molecule has 2 rings (SSSR count). The predicted octanol–water partition coefficient (Wildman–Crippen LogP) is 4.69. The molecule has 1 saturated carbocycles. The summed E-state index contributed by atoms with van der Waals surface area (Å²) in [5.41, 5.74) is 1.90. The van der Waals surface area contributed by atoms with Gasteiger partial charge < -0.3 is 5.32 Å². The first-order valence-corrected chi connectivity index (χ1v) is 7.93. The summed E-state index contributed by atoms with van der Waals surface area (Å²) in [6.45, 7) is 6.83. The van der Waals surface area contributed by atoms with Crippen LogP contribution in [0, 0.1) is 11.3 Å². The van der Waals surface area contributed by atoms with Crippen molar-refractivity contribution in [2.75, 3.05) is 13.1 Å². The van der Waals surface area contributed by atoms with Gasteiger partial charge in [-0.05, 0) is 54.8 Å². The molecule has 0 heterocycles. The van der Waals surface area contributed by atoms with Crippen LogP contribution in [0.15, 0.2) is 24.3 Å². The fourth-order valence-electron chi connectivity index (χ4n) is 3.20. The molecular formula is C17H26ClN. The SMILES string of the molecule is CC(C)CNCC1(Cc2ccc(Cl)cc2)CCCC1. The summed E-state index contributed by atoms with van der Waals surface area (Å²) in [6, 6.07) is 8.40. The van der Waals surface area contributed by atoms with Gasteiger partial charge in [0.05, 0.1) is 0 Å². The molecule has 0 radical (unpaired) electrons. The summed E-state index contributed by atoms with van der Waals surface area (Å²) in [7, 11) is 0. The van der Waals surface area contributed by atoms with Crippen LogP contribution >= 0.6 is 11.6 Å². The highest BCUT2D eigenvalue weighted by molar-refractivity contribution is 6.30. The quantitative estimate of drug-likeness (QED) is 0.797. The summed E-state index contributed by atoms with van der Waals surface area (Å²) in [4.78, 5) is 0. The largest absolute Gasteiger partial charge is 0.316 e. The van der Waals surface area contributed by atoms with Gasteiger partial charge in [-0.15, -0.1) is 0 Å². The van der Waals surface area contributed by atoms with Gasteiger partial charge in [0.2, 0.25) is 0 Å². The molecule has 19 heavy (non-hydrogen) atoms. The Morgan fingerprint density at radius 1 is 1.16 bits per heavy atom. The molecular weight excluding hydrogens is 254 g/mol. The van der Waals surface area contributed by atoms with Crippen molar-refractivity contribution in [2.24, 2.45) is 11.3 Å². The van der Waals surface area contributed by atoms with Crippen molar-refractivity contribution in [3.05, 3.63) is 34.9 Å². The third-order valence-corrected chi connectivity index (χ3v) is 4.46. The van der Waals surface area contributed by atoms with Crippen molar-refractivity contribution in [3.63, 3.8) is 0 Å². The molecule has 1 aromatic rings. The highest BCUT2D eigenvalue weighted by atomic mass is 35.5. The van der Waals surface area contributed by atoms with E-state index in [1.54, 1.807) is 0 Å². The molecule has 106 valence electrons. The minimum absolute atomic E-state index is 0.475. The van der Waals surface area contributed by atoms with Gasteiger partial charge in [0.15, 0.2) is 0 Å². The third kappa shape index (κ3) is 4.50. The molecule has 0 atom stereocenters. The fourth-order valence-corrected chi connectivity index (χ4v) is 3.33. The lowest BCUT2D eigenvalue weighted by molar-refractivity contribution is 0.273. The standard InChI is InChI=1S/C17H26ClN/c1-14(2)12-19-13-17(9-3-4-10-17)11-15-5-7-16(18)8-6-15/h5-8,14,19H,3-4,9-13H2,1-2H3. The molecule has 1 aliphatic rings. The van der Waals surface area contributed by atoms with Crippen molar-refractivity contribution < 1.29 is 0 Å². The van der Waals surface area contributed by atoms with E-state index in [-0.39, 0.29) is 0 Å². The van der Waals surface area contributed by atoms with E-state index in [1.807, 2.05) is 12.1 Å². The normalized spacial score (nSPS) is 18.1. The molecule has 0 saturated heterocycles. The second-order valence-corrected chi connectivity index (χ2v) is 6.97. The molecule has 1 N–H and O–H groups in total. The monoisotopic (exact) mass is 279 g/mol. The molecule has 0 unspecified atom stereocenters. The average molecular weight is 280 g/mol. The highest BCUT2D eigenvalue weighted by Gasteiger charge is 2.33. The minimum atomic E-state index is 0.475. The highest BCUT2D eigenvalue weighted by Crippen LogP contribution is 2.40. The summed E-state index contributed by atoms with van der Waals surface area (Å²) < 4.78 is 0. The molecule has 2 heteroatoms. The van der Waals surface area contributed by atoms with E-state index in [0.717, 1.165) is 24.0 Å². The van der Waals surface area contributed by atoms with Gasteiger partial charge in [0.25, 0.3) is 0 Å². The van der Waals surface area contributed by atoms with Gasteiger partial charge in [-0.25, -0.2) is 0 Å². The second-order valence-electron chi connectivity index (χ2n) is 6.54.